The van der Waals surface area contributed by atoms with Gasteiger partial charge in [-0.15, -0.1) is 10.2 Å². The molecule has 3 rings (SSSR count). The molecule has 0 unspecified atom stereocenters. The van der Waals surface area contributed by atoms with Crippen molar-refractivity contribution in [1.82, 2.24) is 9.55 Å². The van der Waals surface area contributed by atoms with E-state index in [2.05, 4.69) is 15.2 Å². The maximum absolute atomic E-state index is 12.5. The lowest BCUT2D eigenvalue weighted by Crippen LogP contribution is -2.10. The van der Waals surface area contributed by atoms with Gasteiger partial charge in [-0.1, -0.05) is 24.3 Å². The first kappa shape index (κ1) is 14.8. The summed E-state index contributed by atoms with van der Waals surface area (Å²) in [6.07, 6.45) is 3.12. The third kappa shape index (κ3) is 3.23. The second kappa shape index (κ2) is 6.36. The molecule has 23 heavy (non-hydrogen) atoms. The van der Waals surface area contributed by atoms with Crippen molar-refractivity contribution >= 4 is 17.5 Å². The summed E-state index contributed by atoms with van der Waals surface area (Å²) in [5.41, 5.74) is 3.65. The van der Waals surface area contributed by atoms with Gasteiger partial charge in [0.1, 0.15) is 0 Å². The van der Waals surface area contributed by atoms with Crippen LogP contribution in [0.4, 0.5) is 11.6 Å². The molecule has 0 N–H and O–H groups in total. The van der Waals surface area contributed by atoms with Crippen LogP contribution in [0.5, 0.6) is 0 Å². The maximum Gasteiger partial charge on any atom is 0.264 e. The number of benzene rings is 2. The van der Waals surface area contributed by atoms with Crippen molar-refractivity contribution in [1.29, 1.82) is 0 Å². The third-order valence-corrected chi connectivity index (χ3v) is 3.61. The molecule has 0 atom stereocenters. The normalized spacial score (nSPS) is 11.0. The van der Waals surface area contributed by atoms with E-state index >= 15 is 0 Å². The Bertz CT molecular complexity index is 866. The van der Waals surface area contributed by atoms with Crippen LogP contribution in [0.3, 0.4) is 0 Å². The minimum Gasteiger partial charge on any atom is -0.268 e. The molecule has 3 aromatic rings. The molecule has 114 valence electrons. The Morgan fingerprint density at radius 3 is 2.52 bits per heavy atom. The molecule has 0 aliphatic carbocycles. The number of azo groups is 1. The molecule has 0 radical (unpaired) electrons. The standard InChI is InChI=1S/C18H16N4O/c1-13-8-9-16(12-14(13)2)20-21-18-19-10-11-22(18)17(23)15-6-4-3-5-7-15/h3-12H,1-2H3. The Kier molecular flexibility index (Phi) is 4.10. The SMILES string of the molecule is Cc1ccc(N=Nc2nccn2C(=O)c2ccccc2)cc1C. The van der Waals surface area contributed by atoms with Gasteiger partial charge in [0.2, 0.25) is 0 Å². The fourth-order valence-electron chi connectivity index (χ4n) is 2.14. The molecule has 0 aliphatic heterocycles. The fraction of sp³-hybridized carbons (Fsp3) is 0.111. The van der Waals surface area contributed by atoms with Crippen molar-refractivity contribution in [2.45, 2.75) is 13.8 Å². The van der Waals surface area contributed by atoms with E-state index < -0.39 is 0 Å². The zero-order chi connectivity index (χ0) is 16.2. The number of hydrogen-bond donors (Lipinski definition) is 0. The monoisotopic (exact) mass is 304 g/mol. The van der Waals surface area contributed by atoms with Gasteiger partial charge in [-0.2, -0.15) is 0 Å². The summed E-state index contributed by atoms with van der Waals surface area (Å²) in [6.45, 7) is 4.07. The molecule has 1 heterocycles. The van der Waals surface area contributed by atoms with Crippen LogP contribution in [0, 0.1) is 13.8 Å². The van der Waals surface area contributed by atoms with Gasteiger partial charge in [0.05, 0.1) is 5.69 Å². The molecule has 0 saturated carbocycles. The zero-order valence-electron chi connectivity index (χ0n) is 13.0. The Balaban J connectivity index is 1.88. The number of carbonyl (C=O) groups is 1. The lowest BCUT2D eigenvalue weighted by atomic mass is 10.1. The number of aryl methyl sites for hydroxylation is 2. The molecule has 0 bridgehead atoms. The Morgan fingerprint density at radius 1 is 1.00 bits per heavy atom. The largest absolute Gasteiger partial charge is 0.268 e. The van der Waals surface area contributed by atoms with Crippen LogP contribution in [0.25, 0.3) is 0 Å². The lowest BCUT2D eigenvalue weighted by molar-refractivity contribution is 0.0961. The van der Waals surface area contributed by atoms with E-state index in [1.165, 1.54) is 16.3 Å². The summed E-state index contributed by atoms with van der Waals surface area (Å²) in [5.74, 6) is 0.0780. The first-order valence-electron chi connectivity index (χ1n) is 7.27. The summed E-state index contributed by atoms with van der Waals surface area (Å²) >= 11 is 0. The molecule has 0 aliphatic rings. The van der Waals surface area contributed by atoms with E-state index in [1.54, 1.807) is 18.3 Å². The van der Waals surface area contributed by atoms with Crippen LogP contribution in [-0.2, 0) is 0 Å². The smallest absolute Gasteiger partial charge is 0.264 e. The quantitative estimate of drug-likeness (QED) is 0.664. The van der Waals surface area contributed by atoms with Gasteiger partial charge in [0.25, 0.3) is 11.9 Å². The Morgan fingerprint density at radius 2 is 1.78 bits per heavy atom. The van der Waals surface area contributed by atoms with E-state index in [0.717, 1.165) is 11.3 Å². The number of aromatic nitrogens is 2. The Hall–Kier alpha value is -3.08. The average Bonchev–Trinajstić information content (AvgIpc) is 3.04. The minimum absolute atomic E-state index is 0.183. The Labute approximate surface area is 134 Å². The predicted octanol–water partition coefficient (Wildman–Crippen LogP) is 4.60. The van der Waals surface area contributed by atoms with Gasteiger partial charge in [-0.3, -0.25) is 4.79 Å². The van der Waals surface area contributed by atoms with Gasteiger partial charge in [-0.05, 0) is 49.2 Å². The first-order valence-corrected chi connectivity index (χ1v) is 7.27. The highest BCUT2D eigenvalue weighted by atomic mass is 16.2. The molecule has 2 aromatic carbocycles. The summed E-state index contributed by atoms with van der Waals surface area (Å²) in [7, 11) is 0. The fourth-order valence-corrected chi connectivity index (χ4v) is 2.14. The molecule has 0 saturated heterocycles. The molecule has 5 heteroatoms. The van der Waals surface area contributed by atoms with E-state index in [1.807, 2.05) is 50.2 Å². The van der Waals surface area contributed by atoms with Crippen LogP contribution in [0.1, 0.15) is 21.5 Å². The van der Waals surface area contributed by atoms with Crippen molar-refractivity contribution in [3.8, 4) is 0 Å². The molecule has 0 spiro atoms. The van der Waals surface area contributed by atoms with Gasteiger partial charge in [0, 0.05) is 18.0 Å². The average molecular weight is 304 g/mol. The zero-order valence-corrected chi connectivity index (χ0v) is 13.0. The van der Waals surface area contributed by atoms with Crippen LogP contribution >= 0.6 is 0 Å². The number of carbonyl (C=O) groups excluding carboxylic acids is 1. The van der Waals surface area contributed by atoms with Gasteiger partial charge in [0.15, 0.2) is 0 Å². The summed E-state index contributed by atoms with van der Waals surface area (Å²) in [6, 6.07) is 14.8. The van der Waals surface area contributed by atoms with Crippen molar-refractivity contribution < 1.29 is 4.79 Å². The summed E-state index contributed by atoms with van der Waals surface area (Å²) in [5, 5.41) is 8.29. The minimum atomic E-state index is -0.183. The third-order valence-electron chi connectivity index (χ3n) is 3.61. The van der Waals surface area contributed by atoms with E-state index in [9.17, 15) is 4.79 Å². The van der Waals surface area contributed by atoms with E-state index in [0.29, 0.717) is 5.56 Å². The van der Waals surface area contributed by atoms with E-state index in [4.69, 9.17) is 0 Å². The van der Waals surface area contributed by atoms with Crippen LogP contribution in [0.2, 0.25) is 0 Å². The molecular weight excluding hydrogens is 288 g/mol. The number of hydrogen-bond acceptors (Lipinski definition) is 4. The van der Waals surface area contributed by atoms with Crippen molar-refractivity contribution in [3.63, 3.8) is 0 Å². The molecule has 5 nitrogen and oxygen atoms in total. The predicted molar refractivity (Wildman–Crippen MR) is 88.5 cm³/mol. The highest BCUT2D eigenvalue weighted by Crippen LogP contribution is 2.20. The van der Waals surface area contributed by atoms with Crippen LogP contribution in [-0.4, -0.2) is 15.5 Å². The number of rotatable bonds is 3. The molecule has 0 fully saturated rings. The number of nitrogens with zero attached hydrogens (tertiary/aromatic N) is 4. The highest BCUT2D eigenvalue weighted by molar-refractivity contribution is 5.97. The van der Waals surface area contributed by atoms with Gasteiger partial charge < -0.3 is 0 Å². The lowest BCUT2D eigenvalue weighted by Gasteiger charge is -2.03. The molecule has 1 aromatic heterocycles. The second-order valence-electron chi connectivity index (χ2n) is 5.24. The first-order chi connectivity index (χ1) is 11.1. The van der Waals surface area contributed by atoms with E-state index in [-0.39, 0.29) is 11.9 Å². The van der Waals surface area contributed by atoms with Crippen molar-refractivity contribution in [2.75, 3.05) is 0 Å². The topological polar surface area (TPSA) is 59.6 Å². The summed E-state index contributed by atoms with van der Waals surface area (Å²) < 4.78 is 1.39. The highest BCUT2D eigenvalue weighted by Gasteiger charge is 2.12. The molecule has 0 amide bonds. The molecular formula is C18H16N4O. The number of imidazole rings is 1. The maximum atomic E-state index is 12.5. The van der Waals surface area contributed by atoms with Gasteiger partial charge in [-0.25, -0.2) is 9.55 Å². The van der Waals surface area contributed by atoms with Crippen molar-refractivity contribution in [3.05, 3.63) is 77.6 Å². The second-order valence-corrected chi connectivity index (χ2v) is 5.24. The van der Waals surface area contributed by atoms with Gasteiger partial charge >= 0.3 is 0 Å². The summed E-state index contributed by atoms with van der Waals surface area (Å²) in [4.78, 5) is 16.6. The van der Waals surface area contributed by atoms with Crippen LogP contribution < -0.4 is 0 Å². The van der Waals surface area contributed by atoms with Crippen molar-refractivity contribution in [2.24, 2.45) is 10.2 Å². The van der Waals surface area contributed by atoms with Crippen LogP contribution in [0.15, 0.2) is 71.2 Å².